The summed E-state index contributed by atoms with van der Waals surface area (Å²) in [7, 11) is 3.73. The lowest BCUT2D eigenvalue weighted by Gasteiger charge is -2.29. The third-order valence-electron chi connectivity index (χ3n) is 8.06. The first-order valence-corrected chi connectivity index (χ1v) is 14.9. The van der Waals surface area contributed by atoms with Gasteiger partial charge >= 0.3 is 0 Å². The SMILES string of the molecule is C=C(/N=C\c1cc(-c2c(F)ccc(NC)c2F)ccc1C)NC1CCN(C)CC1.C=O.C=O.Cc1cc(C)c2c(c1)C(O)CC2. The molecule has 0 saturated carbocycles. The Kier molecular flexibility index (Phi) is 14.7. The highest BCUT2D eigenvalue weighted by molar-refractivity contribution is 5.85. The lowest BCUT2D eigenvalue weighted by Crippen LogP contribution is -2.40. The zero-order chi connectivity index (χ0) is 33.7. The molecule has 0 aromatic heterocycles. The van der Waals surface area contributed by atoms with Crippen molar-refractivity contribution in [2.45, 2.75) is 58.6 Å². The van der Waals surface area contributed by atoms with Crippen molar-refractivity contribution < 1.29 is 23.5 Å². The van der Waals surface area contributed by atoms with E-state index in [-0.39, 0.29) is 17.4 Å². The molecule has 45 heavy (non-hydrogen) atoms. The van der Waals surface area contributed by atoms with Gasteiger partial charge in [-0.1, -0.05) is 36.4 Å². The van der Waals surface area contributed by atoms with Crippen molar-refractivity contribution in [3.63, 3.8) is 0 Å². The summed E-state index contributed by atoms with van der Waals surface area (Å²) in [6.07, 6.45) is 5.54. The molecule has 0 amide bonds. The third-order valence-corrected chi connectivity index (χ3v) is 8.06. The van der Waals surface area contributed by atoms with Gasteiger partial charge in [0.15, 0.2) is 5.82 Å². The molecule has 2 aliphatic rings. The second kappa shape index (κ2) is 17.9. The van der Waals surface area contributed by atoms with Crippen LogP contribution in [0.2, 0.25) is 0 Å². The fraction of sp³-hybridized carbons (Fsp3) is 0.361. The van der Waals surface area contributed by atoms with Crippen molar-refractivity contribution in [1.29, 1.82) is 0 Å². The number of aryl methyl sites for hydroxylation is 3. The summed E-state index contributed by atoms with van der Waals surface area (Å²) in [5.74, 6) is -0.604. The van der Waals surface area contributed by atoms with Crippen molar-refractivity contribution in [3.8, 4) is 11.1 Å². The molecule has 9 heteroatoms. The number of anilines is 1. The van der Waals surface area contributed by atoms with Gasteiger partial charge in [-0.05, 0) is 118 Å². The van der Waals surface area contributed by atoms with E-state index in [2.05, 4.69) is 60.1 Å². The highest BCUT2D eigenvalue weighted by Gasteiger charge is 2.21. The molecule has 242 valence electrons. The first kappa shape index (κ1) is 37.0. The maximum atomic E-state index is 14.7. The lowest BCUT2D eigenvalue weighted by atomic mass is 9.98. The van der Waals surface area contributed by atoms with E-state index in [1.54, 1.807) is 25.4 Å². The number of halogens is 2. The van der Waals surface area contributed by atoms with Crippen LogP contribution < -0.4 is 10.6 Å². The fourth-order valence-electron chi connectivity index (χ4n) is 5.62. The van der Waals surface area contributed by atoms with E-state index in [9.17, 15) is 13.9 Å². The van der Waals surface area contributed by atoms with E-state index in [1.807, 2.05) is 26.6 Å². The number of aliphatic hydroxyl groups excluding tert-OH is 1. The van der Waals surface area contributed by atoms with Crippen molar-refractivity contribution in [2.75, 3.05) is 32.5 Å². The molecule has 1 aliphatic carbocycles. The Bertz CT molecular complexity index is 1470. The molecular formula is C36H46F2N4O3. The molecule has 1 unspecified atom stereocenters. The smallest absolute Gasteiger partial charge is 0.157 e. The molecule has 1 heterocycles. The summed E-state index contributed by atoms with van der Waals surface area (Å²) in [6.45, 7) is 16.3. The summed E-state index contributed by atoms with van der Waals surface area (Å²) in [6, 6.07) is 12.7. The van der Waals surface area contributed by atoms with Crippen LogP contribution in [0.15, 0.2) is 59.9 Å². The molecule has 1 fully saturated rings. The quantitative estimate of drug-likeness (QED) is 0.274. The molecule has 1 aliphatic heterocycles. The van der Waals surface area contributed by atoms with Gasteiger partial charge in [-0.15, -0.1) is 0 Å². The molecular weight excluding hydrogens is 574 g/mol. The number of hydrogen-bond acceptors (Lipinski definition) is 7. The maximum Gasteiger partial charge on any atom is 0.157 e. The average Bonchev–Trinajstić information content (AvgIpc) is 3.41. The van der Waals surface area contributed by atoms with Gasteiger partial charge in [0.05, 0.1) is 17.4 Å². The van der Waals surface area contributed by atoms with E-state index < -0.39 is 11.6 Å². The number of piperidine rings is 1. The monoisotopic (exact) mass is 620 g/mol. The van der Waals surface area contributed by atoms with Crippen molar-refractivity contribution >= 4 is 25.5 Å². The van der Waals surface area contributed by atoms with E-state index in [4.69, 9.17) is 9.59 Å². The molecule has 1 saturated heterocycles. The van der Waals surface area contributed by atoms with Crippen molar-refractivity contribution in [2.24, 2.45) is 4.99 Å². The first-order chi connectivity index (χ1) is 21.6. The number of carbonyl (C=O) groups is 2. The second-order valence-corrected chi connectivity index (χ2v) is 11.2. The highest BCUT2D eigenvalue weighted by Crippen LogP contribution is 2.34. The Hall–Kier alpha value is -4.21. The number of carbonyl (C=O) groups excluding carboxylic acids is 2. The predicted octanol–water partition coefficient (Wildman–Crippen LogP) is 6.47. The first-order valence-electron chi connectivity index (χ1n) is 14.9. The normalized spacial score (nSPS) is 15.9. The number of benzene rings is 3. The van der Waals surface area contributed by atoms with Gasteiger partial charge in [0, 0.05) is 19.3 Å². The van der Waals surface area contributed by atoms with Crippen molar-refractivity contribution in [3.05, 3.63) is 99.9 Å². The number of hydrogen-bond donors (Lipinski definition) is 3. The van der Waals surface area contributed by atoms with Crippen LogP contribution in [0.1, 0.15) is 58.7 Å². The van der Waals surface area contributed by atoms with Crippen LogP contribution in [0.5, 0.6) is 0 Å². The number of likely N-dealkylation sites (tertiary alicyclic amines) is 1. The van der Waals surface area contributed by atoms with E-state index in [0.29, 0.717) is 17.4 Å². The zero-order valence-electron chi connectivity index (χ0n) is 27.1. The van der Waals surface area contributed by atoms with Crippen LogP contribution >= 0.6 is 0 Å². The van der Waals surface area contributed by atoms with E-state index in [1.165, 1.54) is 28.8 Å². The molecule has 1 atom stereocenters. The van der Waals surface area contributed by atoms with Crippen molar-refractivity contribution in [1.82, 2.24) is 10.2 Å². The minimum atomic E-state index is -0.604. The largest absolute Gasteiger partial charge is 0.388 e. The second-order valence-electron chi connectivity index (χ2n) is 11.2. The molecule has 3 aromatic rings. The number of nitrogens with zero attached hydrogens (tertiary/aromatic N) is 2. The molecule has 5 rings (SSSR count). The van der Waals surface area contributed by atoms with Gasteiger partial charge in [-0.2, -0.15) is 0 Å². The van der Waals surface area contributed by atoms with Crippen LogP contribution in [0.25, 0.3) is 11.1 Å². The van der Waals surface area contributed by atoms with Crippen LogP contribution in [-0.2, 0) is 16.0 Å². The summed E-state index contributed by atoms with van der Waals surface area (Å²) in [5.41, 5.74) is 7.56. The Morgan fingerprint density at radius 3 is 2.29 bits per heavy atom. The number of aliphatic hydroxyl groups is 1. The number of nitrogens with one attached hydrogen (secondary N) is 2. The molecule has 3 N–H and O–H groups in total. The minimum Gasteiger partial charge on any atom is -0.388 e. The molecule has 3 aromatic carbocycles. The Morgan fingerprint density at radius 2 is 1.64 bits per heavy atom. The van der Waals surface area contributed by atoms with E-state index >= 15 is 0 Å². The van der Waals surface area contributed by atoms with Gasteiger partial charge in [0.2, 0.25) is 0 Å². The lowest BCUT2D eigenvalue weighted by molar-refractivity contribution is -0.0987. The predicted molar refractivity (Wildman–Crippen MR) is 180 cm³/mol. The molecule has 0 bridgehead atoms. The molecule has 7 nitrogen and oxygen atoms in total. The van der Waals surface area contributed by atoms with Crippen LogP contribution in [0, 0.1) is 32.4 Å². The number of aliphatic imine (C=N–C) groups is 1. The number of fused-ring (bicyclic) bond motifs is 1. The van der Waals surface area contributed by atoms with Crippen LogP contribution in [0.4, 0.5) is 14.5 Å². The van der Waals surface area contributed by atoms with Gasteiger partial charge < -0.3 is 30.2 Å². The summed E-state index contributed by atoms with van der Waals surface area (Å²) < 4.78 is 29.0. The van der Waals surface area contributed by atoms with Gasteiger partial charge in [0.25, 0.3) is 0 Å². The summed E-state index contributed by atoms with van der Waals surface area (Å²) in [4.78, 5) is 22.7. The topological polar surface area (TPSA) is 94.0 Å². The minimum absolute atomic E-state index is 0.0465. The van der Waals surface area contributed by atoms with Crippen LogP contribution in [-0.4, -0.2) is 63.0 Å². The highest BCUT2D eigenvalue weighted by atomic mass is 19.1. The Morgan fingerprint density at radius 1 is 0.978 bits per heavy atom. The van der Waals surface area contributed by atoms with Gasteiger partial charge in [0.1, 0.15) is 25.2 Å². The summed E-state index contributed by atoms with van der Waals surface area (Å²) in [5, 5.41) is 15.7. The Balaban J connectivity index is 0.000000365. The van der Waals surface area contributed by atoms with Gasteiger partial charge in [-0.25, -0.2) is 13.8 Å². The maximum absolute atomic E-state index is 14.7. The molecule has 0 radical (unpaired) electrons. The summed E-state index contributed by atoms with van der Waals surface area (Å²) >= 11 is 0. The standard InChI is InChI=1S/C23H28F2N4.C11H14O.2CH2O/c1-15-5-6-17(22-20(24)7-8-21(26-3)23(22)25)13-18(15)14-27-16(2)28-19-9-11-29(4)12-10-19;1-7-5-8(2)9-3-4-11(12)10(9)6-7;2*1-2/h5-8,13-14,19,26,28H,2,9-12H2,1,3-4H3;5-6,11-12H,3-4H2,1-2H3;2*1H2/b27-14-;;;. The molecule has 0 spiro atoms. The van der Waals surface area contributed by atoms with Gasteiger partial charge in [-0.3, -0.25) is 0 Å². The number of rotatable bonds is 6. The van der Waals surface area contributed by atoms with E-state index in [0.717, 1.165) is 55.5 Å². The van der Waals surface area contributed by atoms with Crippen LogP contribution in [0.3, 0.4) is 0 Å². The fourth-order valence-corrected chi connectivity index (χ4v) is 5.62. The average molecular weight is 621 g/mol. The Labute approximate surface area is 266 Å². The zero-order valence-corrected chi connectivity index (χ0v) is 27.1. The third kappa shape index (κ3) is 9.89.